The quantitative estimate of drug-likeness (QED) is 0.530. The minimum Gasteiger partial charge on any atom is -0.301 e. The van der Waals surface area contributed by atoms with Gasteiger partial charge in [0.2, 0.25) is 6.43 Å². The summed E-state index contributed by atoms with van der Waals surface area (Å²) in [5, 5.41) is 0. The Morgan fingerprint density at radius 2 is 2.18 bits per heavy atom. The van der Waals surface area contributed by atoms with Crippen LogP contribution >= 0.6 is 0 Å². The summed E-state index contributed by atoms with van der Waals surface area (Å²) in [5.74, 6) is 0. The molecule has 0 amide bonds. The second-order valence-corrected chi connectivity index (χ2v) is 3.49. The van der Waals surface area contributed by atoms with Crippen LogP contribution in [-0.4, -0.2) is 31.5 Å². The molecule has 11 heavy (non-hydrogen) atoms. The summed E-state index contributed by atoms with van der Waals surface area (Å²) in [7, 11) is 1.83. The Morgan fingerprint density at radius 1 is 1.64 bits per heavy atom. The van der Waals surface area contributed by atoms with Crippen LogP contribution in [-0.2, 0) is 0 Å². The van der Waals surface area contributed by atoms with Gasteiger partial charge in [-0.15, -0.1) is 0 Å². The number of rotatable bonds is 1. The van der Waals surface area contributed by atoms with Crippen LogP contribution in [0.1, 0.15) is 6.92 Å². The first-order valence-corrected chi connectivity index (χ1v) is 3.62. The molecule has 0 bridgehead atoms. The highest BCUT2D eigenvalue weighted by Crippen LogP contribution is 2.38. The second kappa shape index (κ2) is 2.55. The topological polar surface area (TPSA) is 3.24 Å². The molecule has 3 heteroatoms. The molecule has 1 saturated heterocycles. The monoisotopic (exact) mass is 161 g/mol. The minimum absolute atomic E-state index is 0.420. The molecule has 1 rings (SSSR count). The first-order chi connectivity index (χ1) is 4.97. The zero-order chi connectivity index (χ0) is 8.65. The Kier molecular flexibility index (Phi) is 2.01. The number of hydrogen-bond acceptors (Lipinski definition) is 1. The Hall–Kier alpha value is -0.440. The fourth-order valence-electron chi connectivity index (χ4n) is 1.46. The number of nitrogens with zero attached hydrogens (tertiary/aromatic N) is 1. The molecule has 1 aliphatic heterocycles. The number of alkyl halides is 2. The molecule has 1 aliphatic rings. The molecule has 1 atom stereocenters. The van der Waals surface area contributed by atoms with E-state index in [-0.39, 0.29) is 0 Å². The molecular weight excluding hydrogens is 148 g/mol. The van der Waals surface area contributed by atoms with Crippen molar-refractivity contribution in [1.82, 2.24) is 4.90 Å². The van der Waals surface area contributed by atoms with Crippen LogP contribution < -0.4 is 0 Å². The van der Waals surface area contributed by atoms with Gasteiger partial charge in [0.25, 0.3) is 0 Å². The average Bonchev–Trinajstić information content (AvgIpc) is 2.08. The van der Waals surface area contributed by atoms with E-state index in [9.17, 15) is 8.78 Å². The predicted molar refractivity (Wildman–Crippen MR) is 40.7 cm³/mol. The predicted octanol–water partition coefficient (Wildman–Crippen LogP) is 1.76. The summed E-state index contributed by atoms with van der Waals surface area (Å²) in [6.07, 6.45) is -2.29. The van der Waals surface area contributed by atoms with Gasteiger partial charge in [0.1, 0.15) is 0 Å². The Balaban J connectivity index is 2.79. The highest BCUT2D eigenvalue weighted by atomic mass is 19.3. The molecule has 0 spiro atoms. The second-order valence-electron chi connectivity index (χ2n) is 3.49. The lowest BCUT2D eigenvalue weighted by Crippen LogP contribution is -2.29. The van der Waals surface area contributed by atoms with Crippen LogP contribution in [0.5, 0.6) is 0 Å². The van der Waals surface area contributed by atoms with E-state index in [1.165, 1.54) is 0 Å². The average molecular weight is 161 g/mol. The molecule has 0 aromatic heterocycles. The molecule has 1 heterocycles. The lowest BCUT2D eigenvalue weighted by Gasteiger charge is -2.23. The molecule has 0 aliphatic carbocycles. The van der Waals surface area contributed by atoms with Gasteiger partial charge >= 0.3 is 0 Å². The van der Waals surface area contributed by atoms with E-state index in [0.717, 1.165) is 0 Å². The van der Waals surface area contributed by atoms with Crippen LogP contribution in [0.4, 0.5) is 8.78 Å². The van der Waals surface area contributed by atoms with Crippen LogP contribution in [0.2, 0.25) is 0 Å². The fourth-order valence-corrected chi connectivity index (χ4v) is 1.46. The van der Waals surface area contributed by atoms with Crippen molar-refractivity contribution in [2.24, 2.45) is 5.41 Å². The fraction of sp³-hybridized carbons (Fsp3) is 0.750. The summed E-state index contributed by atoms with van der Waals surface area (Å²) < 4.78 is 24.9. The Labute approximate surface area is 65.7 Å². The van der Waals surface area contributed by atoms with Gasteiger partial charge in [-0.2, -0.15) is 0 Å². The van der Waals surface area contributed by atoms with E-state index in [2.05, 4.69) is 6.58 Å². The van der Waals surface area contributed by atoms with Crippen molar-refractivity contribution in [1.29, 1.82) is 0 Å². The van der Waals surface area contributed by atoms with E-state index in [0.29, 0.717) is 18.7 Å². The minimum atomic E-state index is -2.29. The SMILES string of the molecule is C=C1CN(C)CC1(C)C(F)F. The van der Waals surface area contributed by atoms with E-state index in [1.807, 2.05) is 11.9 Å². The molecule has 64 valence electrons. The zero-order valence-electron chi connectivity index (χ0n) is 6.90. The van der Waals surface area contributed by atoms with E-state index in [4.69, 9.17) is 0 Å². The highest BCUT2D eigenvalue weighted by molar-refractivity contribution is 5.18. The maximum atomic E-state index is 12.5. The van der Waals surface area contributed by atoms with Gasteiger partial charge in [-0.05, 0) is 14.0 Å². The lowest BCUT2D eigenvalue weighted by atomic mass is 9.86. The maximum absolute atomic E-state index is 12.5. The van der Waals surface area contributed by atoms with Gasteiger partial charge in [-0.3, -0.25) is 0 Å². The maximum Gasteiger partial charge on any atom is 0.248 e. The molecule has 0 saturated carbocycles. The van der Waals surface area contributed by atoms with Crippen LogP contribution in [0.15, 0.2) is 12.2 Å². The van der Waals surface area contributed by atoms with E-state index in [1.54, 1.807) is 6.92 Å². The Morgan fingerprint density at radius 3 is 2.36 bits per heavy atom. The summed E-state index contributed by atoms with van der Waals surface area (Å²) in [4.78, 5) is 1.87. The number of likely N-dealkylation sites (tertiary alicyclic amines) is 1. The molecule has 1 unspecified atom stereocenters. The van der Waals surface area contributed by atoms with Crippen LogP contribution in [0.3, 0.4) is 0 Å². The molecule has 0 aromatic carbocycles. The first kappa shape index (κ1) is 8.65. The largest absolute Gasteiger partial charge is 0.301 e. The smallest absolute Gasteiger partial charge is 0.248 e. The van der Waals surface area contributed by atoms with E-state index >= 15 is 0 Å². The van der Waals surface area contributed by atoms with Crippen molar-refractivity contribution >= 4 is 0 Å². The molecule has 0 N–H and O–H groups in total. The molecule has 1 nitrogen and oxygen atoms in total. The van der Waals surface area contributed by atoms with Crippen molar-refractivity contribution < 1.29 is 8.78 Å². The van der Waals surface area contributed by atoms with Crippen LogP contribution in [0, 0.1) is 5.41 Å². The number of hydrogen-bond donors (Lipinski definition) is 0. The third kappa shape index (κ3) is 1.29. The number of likely N-dealkylation sites (N-methyl/N-ethyl adjacent to an activating group) is 1. The van der Waals surface area contributed by atoms with Gasteiger partial charge < -0.3 is 4.90 Å². The standard InChI is InChI=1S/C8H13F2N/c1-6-4-11(3)5-8(6,2)7(9)10/h7H,1,4-5H2,2-3H3. The lowest BCUT2D eigenvalue weighted by molar-refractivity contribution is 0.0352. The summed E-state index contributed by atoms with van der Waals surface area (Å²) in [6, 6.07) is 0. The first-order valence-electron chi connectivity index (χ1n) is 3.62. The van der Waals surface area contributed by atoms with Crippen molar-refractivity contribution in [3.8, 4) is 0 Å². The molecule has 0 radical (unpaired) electrons. The van der Waals surface area contributed by atoms with Gasteiger partial charge in [0.15, 0.2) is 0 Å². The van der Waals surface area contributed by atoms with Crippen molar-refractivity contribution in [2.45, 2.75) is 13.3 Å². The molecular formula is C8H13F2N. The van der Waals surface area contributed by atoms with Crippen molar-refractivity contribution in [3.63, 3.8) is 0 Å². The van der Waals surface area contributed by atoms with Gasteiger partial charge in [0.05, 0.1) is 5.41 Å². The summed E-state index contributed by atoms with van der Waals surface area (Å²) >= 11 is 0. The zero-order valence-corrected chi connectivity index (χ0v) is 6.90. The van der Waals surface area contributed by atoms with Crippen molar-refractivity contribution in [3.05, 3.63) is 12.2 Å². The molecule has 1 fully saturated rings. The third-order valence-corrected chi connectivity index (χ3v) is 2.35. The van der Waals surface area contributed by atoms with Gasteiger partial charge in [-0.1, -0.05) is 12.2 Å². The Bertz CT molecular complexity index is 179. The molecule has 0 aromatic rings. The summed E-state index contributed by atoms with van der Waals surface area (Å²) in [5.41, 5.74) is -0.329. The summed E-state index contributed by atoms with van der Waals surface area (Å²) in [6.45, 7) is 6.25. The van der Waals surface area contributed by atoms with Crippen molar-refractivity contribution in [2.75, 3.05) is 20.1 Å². The van der Waals surface area contributed by atoms with Gasteiger partial charge in [0, 0.05) is 13.1 Å². The number of halogens is 2. The van der Waals surface area contributed by atoms with Gasteiger partial charge in [-0.25, -0.2) is 8.78 Å². The normalized spacial score (nSPS) is 33.7. The van der Waals surface area contributed by atoms with E-state index < -0.39 is 11.8 Å². The third-order valence-electron chi connectivity index (χ3n) is 2.35. The highest BCUT2D eigenvalue weighted by Gasteiger charge is 2.43. The van der Waals surface area contributed by atoms with Crippen LogP contribution in [0.25, 0.3) is 0 Å².